The van der Waals surface area contributed by atoms with E-state index < -0.39 is 0 Å². The summed E-state index contributed by atoms with van der Waals surface area (Å²) in [5.41, 5.74) is 7.25. The summed E-state index contributed by atoms with van der Waals surface area (Å²) in [6.45, 7) is 4.80. The number of nitrogens with zero attached hydrogens (tertiary/aromatic N) is 5. The van der Waals surface area contributed by atoms with E-state index in [1.807, 2.05) is 36.0 Å². The highest BCUT2D eigenvalue weighted by Gasteiger charge is 2.11. The number of rotatable bonds is 5. The topological polar surface area (TPSA) is 92.6 Å². The Kier molecular flexibility index (Phi) is 4.42. The van der Waals surface area contributed by atoms with Crippen molar-refractivity contribution in [2.24, 2.45) is 10.9 Å². The number of aromatic nitrogens is 3. The first kappa shape index (κ1) is 14.8. The van der Waals surface area contributed by atoms with Gasteiger partial charge >= 0.3 is 0 Å². The third kappa shape index (κ3) is 3.31. The van der Waals surface area contributed by atoms with E-state index in [-0.39, 0.29) is 11.9 Å². The van der Waals surface area contributed by atoms with Gasteiger partial charge < -0.3 is 15.8 Å². The van der Waals surface area contributed by atoms with Crippen LogP contribution in [0.3, 0.4) is 0 Å². The Morgan fingerprint density at radius 2 is 2.05 bits per heavy atom. The van der Waals surface area contributed by atoms with Gasteiger partial charge in [0.15, 0.2) is 5.84 Å². The largest absolute Gasteiger partial charge is 0.409 e. The van der Waals surface area contributed by atoms with E-state index in [0.29, 0.717) is 12.1 Å². The van der Waals surface area contributed by atoms with Crippen LogP contribution >= 0.6 is 0 Å². The molecule has 7 nitrogen and oxygen atoms in total. The van der Waals surface area contributed by atoms with Crippen LogP contribution in [0.2, 0.25) is 0 Å². The zero-order valence-electron chi connectivity index (χ0n) is 12.4. The Balaban J connectivity index is 2.13. The Hall–Kier alpha value is -2.57. The fraction of sp³-hybridized carbons (Fsp3) is 0.357. The minimum atomic E-state index is 0.101. The highest BCUT2D eigenvalue weighted by atomic mass is 16.4. The highest BCUT2D eigenvalue weighted by Crippen LogP contribution is 2.16. The molecule has 0 aliphatic rings. The summed E-state index contributed by atoms with van der Waals surface area (Å²) < 4.78 is 1.90. The maximum atomic E-state index is 8.65. The van der Waals surface area contributed by atoms with Crippen molar-refractivity contribution in [1.82, 2.24) is 14.8 Å². The molecule has 112 valence electrons. The van der Waals surface area contributed by atoms with Crippen LogP contribution in [0, 0.1) is 0 Å². The molecule has 21 heavy (non-hydrogen) atoms. The highest BCUT2D eigenvalue weighted by molar-refractivity contribution is 5.97. The standard InChI is InChI=1S/C14H20N6O/c1-10(2)20-13(16-9-17-20)8-19(3)12-6-4-11(5-7-12)14(15)18-21/h4-7,9-10,21H,8H2,1-3H3,(H2,15,18). The molecule has 0 saturated heterocycles. The van der Waals surface area contributed by atoms with Crippen molar-refractivity contribution in [3.8, 4) is 0 Å². The van der Waals surface area contributed by atoms with Gasteiger partial charge in [0, 0.05) is 24.3 Å². The molecular weight excluding hydrogens is 268 g/mol. The van der Waals surface area contributed by atoms with Crippen LogP contribution in [0.15, 0.2) is 35.7 Å². The van der Waals surface area contributed by atoms with Crippen molar-refractivity contribution in [2.45, 2.75) is 26.4 Å². The number of anilines is 1. The molecule has 2 aromatic rings. The van der Waals surface area contributed by atoms with E-state index >= 15 is 0 Å². The van der Waals surface area contributed by atoms with E-state index in [1.54, 1.807) is 6.33 Å². The molecule has 0 spiro atoms. The minimum absolute atomic E-state index is 0.101. The summed E-state index contributed by atoms with van der Waals surface area (Å²) in [5, 5.41) is 15.9. The quantitative estimate of drug-likeness (QED) is 0.377. The van der Waals surface area contributed by atoms with Gasteiger partial charge in [0.25, 0.3) is 0 Å². The number of amidine groups is 1. The number of benzene rings is 1. The molecule has 0 aliphatic heterocycles. The van der Waals surface area contributed by atoms with Crippen LogP contribution < -0.4 is 10.6 Å². The number of nitrogens with two attached hydrogens (primary N) is 1. The summed E-state index contributed by atoms with van der Waals surface area (Å²) in [7, 11) is 1.98. The zero-order chi connectivity index (χ0) is 15.4. The zero-order valence-corrected chi connectivity index (χ0v) is 12.4. The minimum Gasteiger partial charge on any atom is -0.409 e. The summed E-state index contributed by atoms with van der Waals surface area (Å²) in [6, 6.07) is 7.74. The van der Waals surface area contributed by atoms with E-state index in [1.165, 1.54) is 0 Å². The lowest BCUT2D eigenvalue weighted by Crippen LogP contribution is -2.21. The molecule has 0 aliphatic carbocycles. The van der Waals surface area contributed by atoms with Gasteiger partial charge in [-0.1, -0.05) is 5.16 Å². The van der Waals surface area contributed by atoms with Crippen LogP contribution in [-0.4, -0.2) is 32.9 Å². The lowest BCUT2D eigenvalue weighted by atomic mass is 10.2. The van der Waals surface area contributed by atoms with Crippen LogP contribution in [0.5, 0.6) is 0 Å². The van der Waals surface area contributed by atoms with Crippen molar-refractivity contribution in [3.63, 3.8) is 0 Å². The van der Waals surface area contributed by atoms with Gasteiger partial charge in [-0.15, -0.1) is 0 Å². The van der Waals surface area contributed by atoms with E-state index in [2.05, 4.69) is 34.0 Å². The lowest BCUT2D eigenvalue weighted by molar-refractivity contribution is 0.318. The van der Waals surface area contributed by atoms with Crippen LogP contribution in [0.4, 0.5) is 5.69 Å². The second kappa shape index (κ2) is 6.25. The third-order valence-corrected chi connectivity index (χ3v) is 3.23. The van der Waals surface area contributed by atoms with Crippen LogP contribution in [0.25, 0.3) is 0 Å². The molecule has 0 fully saturated rings. The normalized spacial score (nSPS) is 11.9. The SMILES string of the molecule is CC(C)n1ncnc1CN(C)c1ccc(C(N)=NO)cc1. The molecule has 0 unspecified atom stereocenters. The molecule has 0 bridgehead atoms. The average molecular weight is 288 g/mol. The third-order valence-electron chi connectivity index (χ3n) is 3.23. The van der Waals surface area contributed by atoms with Crippen molar-refractivity contribution >= 4 is 11.5 Å². The molecule has 2 rings (SSSR count). The Morgan fingerprint density at radius 3 is 2.62 bits per heavy atom. The maximum absolute atomic E-state index is 8.65. The van der Waals surface area contributed by atoms with Crippen molar-refractivity contribution in [3.05, 3.63) is 42.0 Å². The van der Waals surface area contributed by atoms with Gasteiger partial charge in [-0.05, 0) is 38.1 Å². The van der Waals surface area contributed by atoms with Gasteiger partial charge in [-0.3, -0.25) is 0 Å². The number of hydrogen-bond donors (Lipinski definition) is 2. The molecule has 1 aromatic carbocycles. The second-order valence-electron chi connectivity index (χ2n) is 5.10. The van der Waals surface area contributed by atoms with Gasteiger partial charge in [-0.25, -0.2) is 9.67 Å². The number of hydrogen-bond acceptors (Lipinski definition) is 5. The predicted octanol–water partition coefficient (Wildman–Crippen LogP) is 1.59. The van der Waals surface area contributed by atoms with Crippen molar-refractivity contribution in [1.29, 1.82) is 0 Å². The Morgan fingerprint density at radius 1 is 1.38 bits per heavy atom. The summed E-state index contributed by atoms with van der Waals surface area (Å²) in [4.78, 5) is 6.37. The van der Waals surface area contributed by atoms with Crippen molar-refractivity contribution in [2.75, 3.05) is 11.9 Å². The average Bonchev–Trinajstić information content (AvgIpc) is 2.95. The van der Waals surface area contributed by atoms with Gasteiger partial charge in [0.05, 0.1) is 6.54 Å². The van der Waals surface area contributed by atoms with Gasteiger partial charge in [0.2, 0.25) is 0 Å². The van der Waals surface area contributed by atoms with Crippen LogP contribution in [0.1, 0.15) is 31.3 Å². The molecule has 0 radical (unpaired) electrons. The van der Waals surface area contributed by atoms with E-state index in [0.717, 1.165) is 11.5 Å². The molecule has 7 heteroatoms. The second-order valence-corrected chi connectivity index (χ2v) is 5.10. The summed E-state index contributed by atoms with van der Waals surface area (Å²) >= 11 is 0. The van der Waals surface area contributed by atoms with E-state index in [4.69, 9.17) is 10.9 Å². The van der Waals surface area contributed by atoms with E-state index in [9.17, 15) is 0 Å². The van der Waals surface area contributed by atoms with Gasteiger partial charge in [0.1, 0.15) is 12.2 Å². The smallest absolute Gasteiger partial charge is 0.170 e. The molecule has 1 aromatic heterocycles. The first-order chi connectivity index (χ1) is 10.0. The fourth-order valence-corrected chi connectivity index (χ4v) is 2.07. The number of oxime groups is 1. The fourth-order valence-electron chi connectivity index (χ4n) is 2.07. The summed E-state index contributed by atoms with van der Waals surface area (Å²) in [6.07, 6.45) is 1.57. The molecule has 3 N–H and O–H groups in total. The monoisotopic (exact) mass is 288 g/mol. The maximum Gasteiger partial charge on any atom is 0.170 e. The molecule has 1 heterocycles. The Labute approximate surface area is 123 Å². The molecule has 0 saturated carbocycles. The molecular formula is C14H20N6O. The van der Waals surface area contributed by atoms with Gasteiger partial charge in [-0.2, -0.15) is 5.10 Å². The molecule has 0 atom stereocenters. The predicted molar refractivity (Wildman–Crippen MR) is 81.5 cm³/mol. The first-order valence-electron chi connectivity index (χ1n) is 6.70. The molecule has 0 amide bonds. The van der Waals surface area contributed by atoms with Crippen molar-refractivity contribution < 1.29 is 5.21 Å². The van der Waals surface area contributed by atoms with Crippen LogP contribution in [-0.2, 0) is 6.54 Å². The summed E-state index contributed by atoms with van der Waals surface area (Å²) in [5.74, 6) is 1.01. The Bertz CT molecular complexity index is 617. The lowest BCUT2D eigenvalue weighted by Gasteiger charge is -2.20. The first-order valence-corrected chi connectivity index (χ1v) is 6.70.